The number of nitrogens with one attached hydrogen (secondary N) is 1. The molecule has 0 spiro atoms. The Bertz CT molecular complexity index is 436. The summed E-state index contributed by atoms with van der Waals surface area (Å²) in [6.45, 7) is 4.73. The molecule has 1 aliphatic heterocycles. The molecule has 1 aliphatic rings. The third-order valence-corrected chi connectivity index (χ3v) is 3.01. The summed E-state index contributed by atoms with van der Waals surface area (Å²) in [4.78, 5) is 11.1. The predicted molar refractivity (Wildman–Crippen MR) is 71.8 cm³/mol. The lowest BCUT2D eigenvalue weighted by molar-refractivity contribution is -0.0716. The second-order valence-corrected chi connectivity index (χ2v) is 4.81. The Morgan fingerprint density at radius 2 is 2.37 bits per heavy atom. The molecule has 5 nitrogen and oxygen atoms in total. The van der Waals surface area contributed by atoms with Crippen LogP contribution in [0.4, 0.5) is 0 Å². The summed E-state index contributed by atoms with van der Waals surface area (Å²) < 4.78 is 11.3. The fourth-order valence-corrected chi connectivity index (χ4v) is 2.09. The monoisotopic (exact) mass is 264 g/mol. The number of carbonyl (C=O) groups excluding carboxylic acids is 1. The lowest BCUT2D eigenvalue weighted by Gasteiger charge is -2.28. The van der Waals surface area contributed by atoms with E-state index in [1.54, 1.807) is 18.2 Å². The number of rotatable bonds is 5. The number of nitrogens with two attached hydrogens (primary N) is 1. The number of benzene rings is 1. The fraction of sp³-hybridized carbons (Fsp3) is 0.500. The van der Waals surface area contributed by atoms with Gasteiger partial charge in [0.1, 0.15) is 0 Å². The van der Waals surface area contributed by atoms with Crippen molar-refractivity contribution in [3.05, 3.63) is 35.4 Å². The molecule has 5 heteroatoms. The van der Waals surface area contributed by atoms with Gasteiger partial charge < -0.3 is 20.5 Å². The van der Waals surface area contributed by atoms with Gasteiger partial charge in [-0.2, -0.15) is 0 Å². The van der Waals surface area contributed by atoms with Gasteiger partial charge >= 0.3 is 0 Å². The van der Waals surface area contributed by atoms with Crippen LogP contribution in [0.1, 0.15) is 22.8 Å². The quantitative estimate of drug-likeness (QED) is 0.820. The van der Waals surface area contributed by atoms with Crippen LogP contribution in [0, 0.1) is 0 Å². The van der Waals surface area contributed by atoms with Crippen LogP contribution in [0.3, 0.4) is 0 Å². The highest BCUT2D eigenvalue weighted by atomic mass is 16.5. The van der Waals surface area contributed by atoms with Gasteiger partial charge in [0.2, 0.25) is 5.91 Å². The van der Waals surface area contributed by atoms with Crippen LogP contribution in [0.5, 0.6) is 0 Å². The topological polar surface area (TPSA) is 73.6 Å². The number of amides is 1. The summed E-state index contributed by atoms with van der Waals surface area (Å²) in [6, 6.07) is 7.17. The third kappa shape index (κ3) is 4.31. The molecule has 0 aliphatic carbocycles. The second kappa shape index (κ2) is 6.65. The highest BCUT2D eigenvalue weighted by Crippen LogP contribution is 2.08. The maximum absolute atomic E-state index is 11.1. The molecule has 2 unspecified atom stereocenters. The van der Waals surface area contributed by atoms with Crippen molar-refractivity contribution in [1.29, 1.82) is 0 Å². The lowest BCUT2D eigenvalue weighted by atomic mass is 10.1. The molecule has 104 valence electrons. The Labute approximate surface area is 113 Å². The zero-order valence-corrected chi connectivity index (χ0v) is 11.1. The van der Waals surface area contributed by atoms with E-state index in [-0.39, 0.29) is 12.2 Å². The number of primary amides is 1. The van der Waals surface area contributed by atoms with E-state index in [2.05, 4.69) is 5.32 Å². The number of hydrogen-bond donors (Lipinski definition) is 2. The first-order valence-corrected chi connectivity index (χ1v) is 6.48. The third-order valence-electron chi connectivity index (χ3n) is 3.01. The maximum Gasteiger partial charge on any atom is 0.248 e. The van der Waals surface area contributed by atoms with E-state index >= 15 is 0 Å². The van der Waals surface area contributed by atoms with Crippen molar-refractivity contribution in [3.63, 3.8) is 0 Å². The first-order chi connectivity index (χ1) is 9.15. The van der Waals surface area contributed by atoms with Gasteiger partial charge in [0, 0.05) is 18.7 Å². The van der Waals surface area contributed by atoms with E-state index in [1.165, 1.54) is 0 Å². The molecular formula is C14H20N2O3. The van der Waals surface area contributed by atoms with E-state index in [9.17, 15) is 4.79 Å². The van der Waals surface area contributed by atoms with E-state index in [0.717, 1.165) is 18.7 Å². The predicted octanol–water partition coefficient (Wildman–Crippen LogP) is 0.679. The molecule has 1 fully saturated rings. The van der Waals surface area contributed by atoms with Crippen molar-refractivity contribution in [2.75, 3.05) is 19.7 Å². The van der Waals surface area contributed by atoms with E-state index in [1.807, 2.05) is 13.0 Å². The molecule has 19 heavy (non-hydrogen) atoms. The highest BCUT2D eigenvalue weighted by Gasteiger charge is 2.18. The van der Waals surface area contributed by atoms with Gasteiger partial charge in [0.25, 0.3) is 0 Å². The second-order valence-electron chi connectivity index (χ2n) is 4.81. The molecule has 2 atom stereocenters. The smallest absolute Gasteiger partial charge is 0.248 e. The molecular weight excluding hydrogens is 244 g/mol. The van der Waals surface area contributed by atoms with Crippen molar-refractivity contribution < 1.29 is 14.3 Å². The average molecular weight is 264 g/mol. The van der Waals surface area contributed by atoms with Gasteiger partial charge in [0.05, 0.1) is 25.4 Å². The minimum atomic E-state index is -0.421. The maximum atomic E-state index is 11.1. The molecule has 1 aromatic carbocycles. The Kier molecular flexibility index (Phi) is 4.90. The molecule has 1 aromatic rings. The highest BCUT2D eigenvalue weighted by molar-refractivity contribution is 5.92. The van der Waals surface area contributed by atoms with Crippen molar-refractivity contribution in [1.82, 2.24) is 5.32 Å². The molecule has 1 heterocycles. The fourth-order valence-electron chi connectivity index (χ4n) is 2.09. The van der Waals surface area contributed by atoms with Gasteiger partial charge in [-0.25, -0.2) is 0 Å². The van der Waals surface area contributed by atoms with Crippen LogP contribution < -0.4 is 11.1 Å². The minimum absolute atomic E-state index is 0.0862. The normalized spacial score (nSPS) is 23.2. The van der Waals surface area contributed by atoms with Crippen LogP contribution in [0.15, 0.2) is 24.3 Å². The SMILES string of the molecule is CC1CNCC(COCc2cccc(C(N)=O)c2)O1. The summed E-state index contributed by atoms with van der Waals surface area (Å²) in [5.74, 6) is -0.421. The summed E-state index contributed by atoms with van der Waals surface area (Å²) in [6.07, 6.45) is 0.309. The Morgan fingerprint density at radius 1 is 1.53 bits per heavy atom. The van der Waals surface area contributed by atoms with Crippen LogP contribution in [0.2, 0.25) is 0 Å². The number of hydrogen-bond acceptors (Lipinski definition) is 4. The van der Waals surface area contributed by atoms with Gasteiger partial charge in [0.15, 0.2) is 0 Å². The summed E-state index contributed by atoms with van der Waals surface area (Å²) in [5.41, 5.74) is 6.68. The zero-order chi connectivity index (χ0) is 13.7. The van der Waals surface area contributed by atoms with E-state index < -0.39 is 5.91 Å². The van der Waals surface area contributed by atoms with Gasteiger partial charge in [-0.1, -0.05) is 12.1 Å². The zero-order valence-electron chi connectivity index (χ0n) is 11.1. The Balaban J connectivity index is 1.79. The molecule has 1 amide bonds. The molecule has 1 saturated heterocycles. The molecule has 3 N–H and O–H groups in total. The summed E-state index contributed by atoms with van der Waals surface area (Å²) in [5, 5.41) is 3.29. The van der Waals surface area contributed by atoms with Crippen LogP contribution in [0.25, 0.3) is 0 Å². The van der Waals surface area contributed by atoms with Crippen molar-refractivity contribution in [2.45, 2.75) is 25.7 Å². The number of morpholine rings is 1. The molecule has 0 aromatic heterocycles. The lowest BCUT2D eigenvalue weighted by Crippen LogP contribution is -2.45. The Morgan fingerprint density at radius 3 is 3.11 bits per heavy atom. The van der Waals surface area contributed by atoms with Crippen LogP contribution in [-0.4, -0.2) is 37.8 Å². The van der Waals surface area contributed by atoms with Gasteiger partial charge in [-0.05, 0) is 24.6 Å². The standard InChI is InChI=1S/C14H20N2O3/c1-10-6-16-7-13(19-10)9-18-8-11-3-2-4-12(5-11)14(15)17/h2-5,10,13,16H,6-9H2,1H3,(H2,15,17). The van der Waals surface area contributed by atoms with Crippen LogP contribution in [-0.2, 0) is 16.1 Å². The number of carbonyl (C=O) groups is 1. The minimum Gasteiger partial charge on any atom is -0.374 e. The van der Waals surface area contributed by atoms with Crippen molar-refractivity contribution in [3.8, 4) is 0 Å². The van der Waals surface area contributed by atoms with Crippen molar-refractivity contribution in [2.24, 2.45) is 5.73 Å². The summed E-state index contributed by atoms with van der Waals surface area (Å²) in [7, 11) is 0. The van der Waals surface area contributed by atoms with Gasteiger partial charge in [-0.15, -0.1) is 0 Å². The first-order valence-electron chi connectivity index (χ1n) is 6.48. The van der Waals surface area contributed by atoms with E-state index in [4.69, 9.17) is 15.2 Å². The Hall–Kier alpha value is -1.43. The molecule has 2 rings (SSSR count). The molecule has 0 saturated carbocycles. The van der Waals surface area contributed by atoms with Crippen molar-refractivity contribution >= 4 is 5.91 Å². The average Bonchev–Trinajstić information content (AvgIpc) is 2.39. The largest absolute Gasteiger partial charge is 0.374 e. The molecule has 0 bridgehead atoms. The first kappa shape index (κ1) is 14.0. The summed E-state index contributed by atoms with van der Waals surface area (Å²) >= 11 is 0. The number of ether oxygens (including phenoxy) is 2. The van der Waals surface area contributed by atoms with E-state index in [0.29, 0.717) is 18.8 Å². The van der Waals surface area contributed by atoms with Crippen LogP contribution >= 0.6 is 0 Å². The van der Waals surface area contributed by atoms with Gasteiger partial charge in [-0.3, -0.25) is 4.79 Å². The molecule has 0 radical (unpaired) electrons.